The summed E-state index contributed by atoms with van der Waals surface area (Å²) < 4.78 is 2.17. The number of rotatable bonds is 5. The van der Waals surface area contributed by atoms with Crippen LogP contribution in [0.2, 0.25) is 5.02 Å². The van der Waals surface area contributed by atoms with Crippen LogP contribution in [0.1, 0.15) is 37.9 Å². The highest BCUT2D eigenvalue weighted by molar-refractivity contribution is 7.07. The highest BCUT2D eigenvalue weighted by atomic mass is 35.5. The maximum Gasteiger partial charge on any atom is 0.310 e. The number of thiazole rings is 1. The molecule has 0 radical (unpaired) electrons. The van der Waals surface area contributed by atoms with Crippen molar-refractivity contribution in [2.75, 3.05) is 0 Å². The molecule has 0 aliphatic carbocycles. The van der Waals surface area contributed by atoms with E-state index in [2.05, 4.69) is 28.8 Å². The number of carbonyl (C=O) groups is 1. The number of halogens is 1. The van der Waals surface area contributed by atoms with Crippen LogP contribution in [0.5, 0.6) is 0 Å². The summed E-state index contributed by atoms with van der Waals surface area (Å²) in [6, 6.07) is 5.28. The van der Waals surface area contributed by atoms with E-state index in [1.165, 1.54) is 5.69 Å². The number of hydrogen-bond acceptors (Lipinski definition) is 3. The lowest BCUT2D eigenvalue weighted by atomic mass is 10.0. The first kappa shape index (κ1) is 16.8. The quantitative estimate of drug-likeness (QED) is 0.888. The lowest BCUT2D eigenvalue weighted by Gasteiger charge is -2.09. The molecule has 0 saturated carbocycles. The first-order valence-corrected chi connectivity index (χ1v) is 8.47. The van der Waals surface area contributed by atoms with Gasteiger partial charge in [-0.05, 0) is 38.0 Å². The van der Waals surface area contributed by atoms with Gasteiger partial charge in [-0.25, -0.2) is 4.99 Å². The first-order chi connectivity index (χ1) is 10.5. The van der Waals surface area contributed by atoms with Crippen LogP contribution >= 0.6 is 22.9 Å². The van der Waals surface area contributed by atoms with Crippen LogP contribution in [0, 0.1) is 0 Å². The maximum absolute atomic E-state index is 11.1. The standard InChI is InChI=1S/C16H19ClN2O2S/c1-4-12-9-22-16(19(12)5-2)18-11-6-7-13(14(17)8-11)10(3)15(20)21/h6-10H,4-5H2,1-3H3,(H,20,21)/b18-16-. The third-order valence-corrected chi connectivity index (χ3v) is 4.84. The SMILES string of the molecule is CCc1cs/c(=N\c2ccc(C(C)C(=O)O)c(Cl)c2)n1CC. The second kappa shape index (κ2) is 7.11. The van der Waals surface area contributed by atoms with E-state index in [0.29, 0.717) is 10.6 Å². The van der Waals surface area contributed by atoms with Gasteiger partial charge in [-0.15, -0.1) is 11.3 Å². The van der Waals surface area contributed by atoms with Crippen LogP contribution in [0.3, 0.4) is 0 Å². The zero-order chi connectivity index (χ0) is 16.3. The van der Waals surface area contributed by atoms with E-state index in [0.717, 1.165) is 23.5 Å². The molecule has 1 atom stereocenters. The molecule has 1 N–H and O–H groups in total. The number of carboxylic acids is 1. The van der Waals surface area contributed by atoms with Crippen LogP contribution in [-0.4, -0.2) is 15.6 Å². The second-order valence-corrected chi connectivity index (χ2v) is 6.23. The van der Waals surface area contributed by atoms with Crippen LogP contribution in [0.25, 0.3) is 0 Å². The van der Waals surface area contributed by atoms with Crippen molar-refractivity contribution >= 4 is 34.6 Å². The summed E-state index contributed by atoms with van der Waals surface area (Å²) in [5.74, 6) is -1.52. The molecule has 0 amide bonds. The zero-order valence-electron chi connectivity index (χ0n) is 12.8. The van der Waals surface area contributed by atoms with E-state index < -0.39 is 11.9 Å². The highest BCUT2D eigenvalue weighted by Crippen LogP contribution is 2.28. The molecule has 2 rings (SSSR count). The molecule has 1 unspecified atom stereocenters. The van der Waals surface area contributed by atoms with Crippen LogP contribution in [-0.2, 0) is 17.8 Å². The summed E-state index contributed by atoms with van der Waals surface area (Å²) in [7, 11) is 0. The number of aryl methyl sites for hydroxylation is 1. The molecule has 6 heteroatoms. The van der Waals surface area contributed by atoms with Gasteiger partial charge < -0.3 is 9.67 Å². The summed E-state index contributed by atoms with van der Waals surface area (Å²) in [5.41, 5.74) is 2.60. The molecular formula is C16H19ClN2O2S. The van der Waals surface area contributed by atoms with Crippen LogP contribution in [0.4, 0.5) is 5.69 Å². The minimum absolute atomic E-state index is 0.437. The van der Waals surface area contributed by atoms with Gasteiger partial charge >= 0.3 is 5.97 Å². The minimum atomic E-state index is -0.888. The molecule has 0 bridgehead atoms. The van der Waals surface area contributed by atoms with Gasteiger partial charge in [0.25, 0.3) is 0 Å². The molecule has 1 aromatic carbocycles. The fourth-order valence-electron chi connectivity index (χ4n) is 2.25. The van der Waals surface area contributed by atoms with Gasteiger partial charge in [0.15, 0.2) is 4.80 Å². The first-order valence-electron chi connectivity index (χ1n) is 7.22. The Balaban J connectivity index is 2.43. The van der Waals surface area contributed by atoms with E-state index in [1.807, 2.05) is 6.07 Å². The summed E-state index contributed by atoms with van der Waals surface area (Å²) in [4.78, 5) is 16.6. The Kier molecular flexibility index (Phi) is 5.42. The Labute approximate surface area is 138 Å². The van der Waals surface area contributed by atoms with E-state index in [4.69, 9.17) is 16.7 Å². The number of hydrogen-bond donors (Lipinski definition) is 1. The van der Waals surface area contributed by atoms with Crippen molar-refractivity contribution in [3.8, 4) is 0 Å². The molecule has 1 aromatic heterocycles. The van der Waals surface area contributed by atoms with Gasteiger partial charge in [-0.2, -0.15) is 0 Å². The lowest BCUT2D eigenvalue weighted by Crippen LogP contribution is -2.15. The number of carboxylic acid groups (broad SMARTS) is 1. The molecule has 0 aliphatic rings. The molecule has 118 valence electrons. The average molecular weight is 339 g/mol. The van der Waals surface area contributed by atoms with Gasteiger partial charge in [0, 0.05) is 22.6 Å². The monoisotopic (exact) mass is 338 g/mol. The molecule has 1 heterocycles. The Hall–Kier alpha value is -1.59. The van der Waals surface area contributed by atoms with Crippen molar-refractivity contribution in [3.63, 3.8) is 0 Å². The van der Waals surface area contributed by atoms with Crippen molar-refractivity contribution in [1.29, 1.82) is 0 Å². The topological polar surface area (TPSA) is 54.6 Å². The van der Waals surface area contributed by atoms with E-state index in [-0.39, 0.29) is 0 Å². The number of benzene rings is 1. The number of aliphatic carboxylic acids is 1. The normalized spacial score (nSPS) is 13.4. The predicted molar refractivity (Wildman–Crippen MR) is 90.1 cm³/mol. The summed E-state index contributed by atoms with van der Waals surface area (Å²) in [5, 5.41) is 11.6. The smallest absolute Gasteiger partial charge is 0.310 e. The van der Waals surface area contributed by atoms with Crippen molar-refractivity contribution in [2.45, 2.75) is 39.7 Å². The Bertz CT molecular complexity index is 749. The minimum Gasteiger partial charge on any atom is -0.481 e. The van der Waals surface area contributed by atoms with Gasteiger partial charge in [-0.3, -0.25) is 4.79 Å². The van der Waals surface area contributed by atoms with E-state index in [1.54, 1.807) is 30.4 Å². The third-order valence-electron chi connectivity index (χ3n) is 3.60. The second-order valence-electron chi connectivity index (χ2n) is 4.98. The van der Waals surface area contributed by atoms with Gasteiger partial charge in [-0.1, -0.05) is 24.6 Å². The van der Waals surface area contributed by atoms with Crippen LogP contribution < -0.4 is 4.80 Å². The van der Waals surface area contributed by atoms with E-state index >= 15 is 0 Å². The van der Waals surface area contributed by atoms with E-state index in [9.17, 15) is 4.79 Å². The Morgan fingerprint density at radius 3 is 2.73 bits per heavy atom. The Morgan fingerprint density at radius 1 is 1.45 bits per heavy atom. The summed E-state index contributed by atoms with van der Waals surface area (Å²) >= 11 is 7.81. The maximum atomic E-state index is 11.1. The van der Waals surface area contributed by atoms with Crippen molar-refractivity contribution < 1.29 is 9.90 Å². The Morgan fingerprint density at radius 2 is 2.18 bits per heavy atom. The van der Waals surface area contributed by atoms with Crippen LogP contribution in [0.15, 0.2) is 28.6 Å². The summed E-state index contributed by atoms with van der Waals surface area (Å²) in [6.07, 6.45) is 0.968. The number of aromatic nitrogens is 1. The van der Waals surface area contributed by atoms with Gasteiger partial charge in [0.05, 0.1) is 11.6 Å². The molecule has 2 aromatic rings. The molecule has 0 fully saturated rings. The average Bonchev–Trinajstić information content (AvgIpc) is 2.88. The fourth-order valence-corrected chi connectivity index (χ4v) is 3.66. The molecule has 0 saturated heterocycles. The van der Waals surface area contributed by atoms with Gasteiger partial charge in [0.2, 0.25) is 0 Å². The predicted octanol–water partition coefficient (Wildman–Crippen LogP) is 4.21. The molecule has 22 heavy (non-hydrogen) atoms. The summed E-state index contributed by atoms with van der Waals surface area (Å²) in [6.45, 7) is 6.71. The fraction of sp³-hybridized carbons (Fsp3) is 0.375. The lowest BCUT2D eigenvalue weighted by molar-refractivity contribution is -0.138. The molecule has 0 aliphatic heterocycles. The van der Waals surface area contributed by atoms with Crippen molar-refractivity contribution in [1.82, 2.24) is 4.57 Å². The molecular weight excluding hydrogens is 320 g/mol. The molecule has 4 nitrogen and oxygen atoms in total. The third kappa shape index (κ3) is 3.42. The van der Waals surface area contributed by atoms with Crippen molar-refractivity contribution in [2.24, 2.45) is 4.99 Å². The highest BCUT2D eigenvalue weighted by Gasteiger charge is 2.16. The zero-order valence-corrected chi connectivity index (χ0v) is 14.4. The molecule has 0 spiro atoms. The van der Waals surface area contributed by atoms with Gasteiger partial charge in [0.1, 0.15) is 0 Å². The number of nitrogens with zero attached hydrogens (tertiary/aromatic N) is 2. The largest absolute Gasteiger partial charge is 0.481 e. The van der Waals surface area contributed by atoms with Crippen molar-refractivity contribution in [3.05, 3.63) is 44.7 Å².